The first-order valence-electron chi connectivity index (χ1n) is 11.9. The summed E-state index contributed by atoms with van der Waals surface area (Å²) in [4.78, 5) is 0. The maximum atomic E-state index is 11.7. The maximum absolute atomic E-state index is 11.7. The lowest BCUT2D eigenvalue weighted by atomic mass is 9.63. The highest BCUT2D eigenvalue weighted by Gasteiger charge is 2.63. The molecule has 160 valence electrons. The van der Waals surface area contributed by atoms with Gasteiger partial charge in [-0.25, -0.2) is 0 Å². The number of phenolic OH excluding ortho intramolecular Hbond substituents is 1. The predicted molar refractivity (Wildman–Crippen MR) is 118 cm³/mol. The van der Waals surface area contributed by atoms with Gasteiger partial charge < -0.3 is 10.2 Å². The van der Waals surface area contributed by atoms with E-state index in [-0.39, 0.29) is 17.4 Å². The van der Waals surface area contributed by atoms with Crippen molar-refractivity contribution in [1.82, 2.24) is 0 Å². The second kappa shape index (κ2) is 5.81. The van der Waals surface area contributed by atoms with E-state index in [1.807, 2.05) is 0 Å². The molecule has 6 unspecified atom stereocenters. The van der Waals surface area contributed by atoms with Crippen LogP contribution in [-0.2, 0) is 6.61 Å². The minimum absolute atomic E-state index is 0.0623. The van der Waals surface area contributed by atoms with Gasteiger partial charge in [-0.3, -0.25) is 0 Å². The molecule has 1 aromatic carbocycles. The van der Waals surface area contributed by atoms with Crippen LogP contribution in [0.3, 0.4) is 0 Å². The third-order valence-electron chi connectivity index (χ3n) is 11.8. The van der Waals surface area contributed by atoms with E-state index in [1.165, 1.54) is 38.5 Å². The Balaban J connectivity index is 1.62. The third kappa shape index (κ3) is 2.23. The van der Waals surface area contributed by atoms with E-state index in [0.717, 1.165) is 28.5 Å². The minimum atomic E-state index is 0.0623. The summed E-state index contributed by atoms with van der Waals surface area (Å²) in [5.41, 5.74) is 4.36. The molecule has 0 aromatic heterocycles. The van der Waals surface area contributed by atoms with Crippen molar-refractivity contribution >= 4 is 0 Å². The fourth-order valence-electron chi connectivity index (χ4n) is 8.71. The van der Waals surface area contributed by atoms with Gasteiger partial charge >= 0.3 is 0 Å². The number of phenols is 1. The molecule has 4 aliphatic carbocycles. The molecule has 4 bridgehead atoms. The van der Waals surface area contributed by atoms with Gasteiger partial charge in [-0.2, -0.15) is 0 Å². The number of benzene rings is 1. The second-order valence-corrected chi connectivity index (χ2v) is 12.6. The molecule has 1 aromatic rings. The Bertz CT molecular complexity index is 787. The van der Waals surface area contributed by atoms with Crippen molar-refractivity contribution in [3.05, 3.63) is 28.8 Å². The molecule has 4 aliphatic rings. The fourth-order valence-corrected chi connectivity index (χ4v) is 8.71. The van der Waals surface area contributed by atoms with Gasteiger partial charge in [0.2, 0.25) is 0 Å². The first-order valence-corrected chi connectivity index (χ1v) is 11.9. The maximum Gasteiger partial charge on any atom is 0.122 e. The van der Waals surface area contributed by atoms with Crippen LogP contribution in [0.5, 0.6) is 5.75 Å². The Hall–Kier alpha value is -1.02. The van der Waals surface area contributed by atoms with Crippen LogP contribution < -0.4 is 0 Å². The van der Waals surface area contributed by atoms with Gasteiger partial charge in [0.15, 0.2) is 0 Å². The van der Waals surface area contributed by atoms with Crippen LogP contribution in [0.1, 0.15) is 109 Å². The van der Waals surface area contributed by atoms with Crippen LogP contribution in [0.15, 0.2) is 12.1 Å². The van der Waals surface area contributed by atoms with Crippen LogP contribution >= 0.6 is 0 Å². The van der Waals surface area contributed by atoms with Crippen molar-refractivity contribution in [1.29, 1.82) is 0 Å². The molecular formula is C27H40O2. The Morgan fingerprint density at radius 1 is 0.793 bits per heavy atom. The lowest BCUT2D eigenvalue weighted by molar-refractivity contribution is 0.130. The third-order valence-corrected chi connectivity index (χ3v) is 11.8. The summed E-state index contributed by atoms with van der Waals surface area (Å²) in [5.74, 6) is 2.86. The van der Waals surface area contributed by atoms with E-state index in [1.54, 1.807) is 0 Å². The smallest absolute Gasteiger partial charge is 0.122 e. The molecule has 4 saturated carbocycles. The zero-order chi connectivity index (χ0) is 21.0. The summed E-state index contributed by atoms with van der Waals surface area (Å²) in [5, 5.41) is 21.8. The number of hydrogen-bond donors (Lipinski definition) is 2. The molecule has 0 radical (unpaired) electrons. The molecule has 29 heavy (non-hydrogen) atoms. The highest BCUT2D eigenvalue weighted by atomic mass is 16.3. The standard InChI is InChI=1S/C27H40O2/c1-24(2)17-7-9-26(24,5)21(13-17)19-11-16(15-28)12-20(23(19)29)22-14-18-8-10-27(22,6)25(18,3)4/h11-12,17-18,21-22,28-29H,7-10,13-15H2,1-6H3. The van der Waals surface area contributed by atoms with E-state index >= 15 is 0 Å². The van der Waals surface area contributed by atoms with Crippen LogP contribution in [0.4, 0.5) is 0 Å². The first-order chi connectivity index (χ1) is 13.5. The van der Waals surface area contributed by atoms with Crippen LogP contribution in [0.2, 0.25) is 0 Å². The van der Waals surface area contributed by atoms with Gasteiger partial charge in [0.05, 0.1) is 6.61 Å². The molecule has 5 rings (SSSR count). The number of rotatable bonds is 3. The van der Waals surface area contributed by atoms with Gasteiger partial charge in [-0.15, -0.1) is 0 Å². The molecule has 0 spiro atoms. The van der Waals surface area contributed by atoms with Gasteiger partial charge in [-0.05, 0) is 113 Å². The van der Waals surface area contributed by atoms with E-state index < -0.39 is 0 Å². The zero-order valence-corrected chi connectivity index (χ0v) is 19.3. The Kier molecular flexibility index (Phi) is 3.99. The molecule has 2 heteroatoms. The summed E-state index contributed by atoms with van der Waals surface area (Å²) in [7, 11) is 0. The van der Waals surface area contributed by atoms with E-state index in [4.69, 9.17) is 0 Å². The number of aliphatic hydroxyl groups excluding tert-OH is 1. The highest BCUT2D eigenvalue weighted by molar-refractivity contribution is 5.50. The number of aliphatic hydroxyl groups is 1. The summed E-state index contributed by atoms with van der Waals surface area (Å²) >= 11 is 0. The molecule has 6 atom stereocenters. The second-order valence-electron chi connectivity index (χ2n) is 12.6. The first kappa shape index (κ1) is 19.9. The highest BCUT2D eigenvalue weighted by Crippen LogP contribution is 2.74. The van der Waals surface area contributed by atoms with Crippen LogP contribution in [0, 0.1) is 33.5 Å². The van der Waals surface area contributed by atoms with Gasteiger partial charge in [-0.1, -0.05) is 41.5 Å². The normalized spacial score (nSPS) is 44.0. The SMILES string of the molecule is CC1(C)C2CCC1(C)C(c1cc(CO)cc(C3CC4CCC3(C)C4(C)C)c1O)C2. The van der Waals surface area contributed by atoms with E-state index in [2.05, 4.69) is 53.7 Å². The number of hydrogen-bond acceptors (Lipinski definition) is 2. The van der Waals surface area contributed by atoms with Crippen molar-refractivity contribution in [2.24, 2.45) is 33.5 Å². The lowest BCUT2D eigenvalue weighted by Crippen LogP contribution is -2.32. The van der Waals surface area contributed by atoms with Crippen molar-refractivity contribution in [2.75, 3.05) is 0 Å². The largest absolute Gasteiger partial charge is 0.507 e. The molecule has 0 heterocycles. The van der Waals surface area contributed by atoms with Crippen LogP contribution in [0.25, 0.3) is 0 Å². The Morgan fingerprint density at radius 3 is 1.48 bits per heavy atom. The molecule has 2 N–H and O–H groups in total. The summed E-state index contributed by atoms with van der Waals surface area (Å²) in [6.07, 6.45) is 7.52. The van der Waals surface area contributed by atoms with Crippen molar-refractivity contribution < 1.29 is 10.2 Å². The quantitative estimate of drug-likeness (QED) is 0.593. The molecular weight excluding hydrogens is 356 g/mol. The van der Waals surface area contributed by atoms with Gasteiger partial charge in [0.1, 0.15) is 5.75 Å². The molecule has 0 aliphatic heterocycles. The Morgan fingerprint density at radius 2 is 1.21 bits per heavy atom. The topological polar surface area (TPSA) is 40.5 Å². The van der Waals surface area contributed by atoms with Crippen molar-refractivity contribution in [3.63, 3.8) is 0 Å². The van der Waals surface area contributed by atoms with Crippen LogP contribution in [-0.4, -0.2) is 10.2 Å². The monoisotopic (exact) mass is 396 g/mol. The lowest BCUT2D eigenvalue weighted by Gasteiger charge is -2.42. The van der Waals surface area contributed by atoms with E-state index in [0.29, 0.717) is 28.4 Å². The molecule has 4 fully saturated rings. The molecule has 0 amide bonds. The summed E-state index contributed by atoms with van der Waals surface area (Å²) in [6.45, 7) is 14.7. The predicted octanol–water partition coefficient (Wildman–Crippen LogP) is 6.74. The average Bonchev–Trinajstić information content (AvgIpc) is 3.19. The number of fused-ring (bicyclic) bond motifs is 4. The summed E-state index contributed by atoms with van der Waals surface area (Å²) in [6, 6.07) is 4.26. The van der Waals surface area contributed by atoms with E-state index in [9.17, 15) is 10.2 Å². The van der Waals surface area contributed by atoms with Crippen molar-refractivity contribution in [3.8, 4) is 5.75 Å². The summed E-state index contributed by atoms with van der Waals surface area (Å²) < 4.78 is 0. The fraction of sp³-hybridized carbons (Fsp3) is 0.778. The van der Waals surface area contributed by atoms with Gasteiger partial charge in [0, 0.05) is 0 Å². The number of aromatic hydroxyl groups is 1. The molecule has 2 nitrogen and oxygen atoms in total. The van der Waals surface area contributed by atoms with Crippen molar-refractivity contribution in [2.45, 2.75) is 98.5 Å². The average molecular weight is 397 g/mol. The molecule has 0 saturated heterocycles. The zero-order valence-electron chi connectivity index (χ0n) is 19.3. The van der Waals surface area contributed by atoms with Gasteiger partial charge in [0.25, 0.3) is 0 Å². The Labute approximate surface area is 177 Å². The minimum Gasteiger partial charge on any atom is -0.507 e.